The number of hydrogen-bond acceptors (Lipinski definition) is 15. The van der Waals surface area contributed by atoms with Crippen LogP contribution in [0, 0.1) is 11.8 Å². The largest absolute Gasteiger partial charge is 0.472 e. The summed E-state index contributed by atoms with van der Waals surface area (Å²) in [6.45, 7) is 9.38. The fourth-order valence-corrected chi connectivity index (χ4v) is 12.5. The molecule has 0 radical (unpaired) electrons. The Labute approximate surface area is 556 Å². The zero-order chi connectivity index (χ0) is 67.2. The van der Waals surface area contributed by atoms with Crippen LogP contribution in [-0.4, -0.2) is 96.7 Å². The number of phosphoric acid groups is 2. The number of phosphoric ester groups is 2. The summed E-state index contributed by atoms with van der Waals surface area (Å²) in [5.41, 5.74) is 0. The predicted molar refractivity (Wildman–Crippen MR) is 368 cm³/mol. The number of aliphatic hydroxyl groups excluding tert-OH is 1. The molecular weight excluding hydrogens is 1200 g/mol. The highest BCUT2D eigenvalue weighted by Crippen LogP contribution is 2.45. The number of aliphatic hydroxyl groups is 1. The van der Waals surface area contributed by atoms with Crippen LogP contribution in [-0.2, 0) is 65.4 Å². The number of carbonyl (C=O) groups excluding carboxylic acids is 4. The van der Waals surface area contributed by atoms with E-state index in [0.29, 0.717) is 37.5 Å². The first-order valence-electron chi connectivity index (χ1n) is 37.5. The van der Waals surface area contributed by atoms with Gasteiger partial charge in [-0.25, -0.2) is 9.13 Å². The molecule has 540 valence electrons. The first-order valence-corrected chi connectivity index (χ1v) is 40.5. The summed E-state index contributed by atoms with van der Waals surface area (Å²) in [7, 11) is -9.90. The van der Waals surface area contributed by atoms with E-state index in [4.69, 9.17) is 37.0 Å². The molecule has 19 heteroatoms. The van der Waals surface area contributed by atoms with Gasteiger partial charge >= 0.3 is 39.5 Å². The highest BCUT2D eigenvalue weighted by Gasteiger charge is 2.30. The first kappa shape index (κ1) is 89.1. The van der Waals surface area contributed by atoms with E-state index in [9.17, 15) is 43.2 Å². The standard InChI is InChI=1S/C72H140O17P2/c1-7-9-11-13-15-17-19-21-22-23-24-25-26-27-28-29-31-33-35-44-50-56-71(76)88-67(60-82-69(74)54-48-42-34-32-30-20-18-16-14-12-10-8-2)62-86-90(78,79)84-58-66(73)59-85-91(80,81)87-63-68(89-72(77)57-51-45-39-37-41-47-53-65(5)6)61-83-70(75)55-49-43-38-36-40-46-52-64(3)4/h64-68,73H,7-63H2,1-6H3,(H,78,79)(H,80,81)/t66-,67-,68-/m1/s1. The van der Waals surface area contributed by atoms with Gasteiger partial charge in [0.15, 0.2) is 12.2 Å². The molecule has 0 spiro atoms. The number of carbonyl (C=O) groups is 4. The van der Waals surface area contributed by atoms with Gasteiger partial charge in [-0.1, -0.05) is 318 Å². The Kier molecular flexibility index (Phi) is 62.7. The summed E-state index contributed by atoms with van der Waals surface area (Å²) in [4.78, 5) is 72.5. The summed E-state index contributed by atoms with van der Waals surface area (Å²) < 4.78 is 68.2. The van der Waals surface area contributed by atoms with E-state index in [2.05, 4.69) is 41.5 Å². The van der Waals surface area contributed by atoms with Gasteiger partial charge in [-0.2, -0.15) is 0 Å². The van der Waals surface area contributed by atoms with Crippen LogP contribution in [0.25, 0.3) is 0 Å². The van der Waals surface area contributed by atoms with E-state index in [-0.39, 0.29) is 25.7 Å². The summed E-state index contributed by atoms with van der Waals surface area (Å²) in [5, 5.41) is 10.6. The average Bonchev–Trinajstić information content (AvgIpc) is 3.31. The van der Waals surface area contributed by atoms with Gasteiger partial charge < -0.3 is 33.8 Å². The van der Waals surface area contributed by atoms with Crippen molar-refractivity contribution >= 4 is 39.5 Å². The maximum atomic E-state index is 13.0. The molecule has 0 fully saturated rings. The molecule has 0 aliphatic carbocycles. The van der Waals surface area contributed by atoms with Crippen molar-refractivity contribution in [3.05, 3.63) is 0 Å². The molecule has 0 aromatic heterocycles. The van der Waals surface area contributed by atoms with Crippen molar-refractivity contribution in [2.75, 3.05) is 39.6 Å². The first-order chi connectivity index (χ1) is 43.9. The Bertz CT molecular complexity index is 1770. The topological polar surface area (TPSA) is 237 Å². The van der Waals surface area contributed by atoms with Crippen molar-refractivity contribution in [2.45, 2.75) is 387 Å². The van der Waals surface area contributed by atoms with Gasteiger partial charge in [0.25, 0.3) is 0 Å². The van der Waals surface area contributed by atoms with Crippen LogP contribution in [0.5, 0.6) is 0 Å². The summed E-state index contributed by atoms with van der Waals surface area (Å²) in [6, 6.07) is 0. The second kappa shape index (κ2) is 64.1. The van der Waals surface area contributed by atoms with Crippen LogP contribution in [0.15, 0.2) is 0 Å². The number of hydrogen-bond donors (Lipinski definition) is 3. The van der Waals surface area contributed by atoms with E-state index in [0.717, 1.165) is 96.3 Å². The fraction of sp³-hybridized carbons (Fsp3) is 0.944. The van der Waals surface area contributed by atoms with Gasteiger partial charge in [-0.05, 0) is 37.5 Å². The van der Waals surface area contributed by atoms with Crippen LogP contribution in [0.3, 0.4) is 0 Å². The molecule has 0 saturated carbocycles. The Hall–Kier alpha value is -1.94. The Morgan fingerprint density at radius 2 is 0.505 bits per heavy atom. The second-order valence-corrected chi connectivity index (χ2v) is 29.8. The normalized spacial score (nSPS) is 14.1. The maximum Gasteiger partial charge on any atom is 0.472 e. The van der Waals surface area contributed by atoms with Gasteiger partial charge in [0, 0.05) is 25.7 Å². The molecule has 0 aromatic rings. The highest BCUT2D eigenvalue weighted by molar-refractivity contribution is 7.47. The minimum Gasteiger partial charge on any atom is -0.462 e. The van der Waals surface area contributed by atoms with Gasteiger partial charge in [0.05, 0.1) is 26.4 Å². The molecule has 0 aliphatic rings. The summed E-state index contributed by atoms with van der Waals surface area (Å²) in [6.07, 6.45) is 50.5. The lowest BCUT2D eigenvalue weighted by molar-refractivity contribution is -0.161. The molecule has 0 aromatic carbocycles. The van der Waals surface area contributed by atoms with E-state index >= 15 is 0 Å². The fourth-order valence-electron chi connectivity index (χ4n) is 10.9. The van der Waals surface area contributed by atoms with Crippen molar-refractivity contribution in [2.24, 2.45) is 11.8 Å². The number of unbranched alkanes of at least 4 members (excludes halogenated alkanes) is 41. The van der Waals surface area contributed by atoms with Crippen LogP contribution in [0.1, 0.15) is 369 Å². The Morgan fingerprint density at radius 1 is 0.297 bits per heavy atom. The number of rotatable bonds is 71. The molecule has 0 saturated heterocycles. The van der Waals surface area contributed by atoms with Gasteiger partial charge in [0.2, 0.25) is 0 Å². The average molecular weight is 1340 g/mol. The van der Waals surface area contributed by atoms with Crippen molar-refractivity contribution in [1.29, 1.82) is 0 Å². The monoisotopic (exact) mass is 1340 g/mol. The van der Waals surface area contributed by atoms with Crippen LogP contribution in [0.4, 0.5) is 0 Å². The van der Waals surface area contributed by atoms with Gasteiger partial charge in [-0.15, -0.1) is 0 Å². The molecule has 17 nitrogen and oxygen atoms in total. The molecule has 2 unspecified atom stereocenters. The molecule has 0 aliphatic heterocycles. The lowest BCUT2D eigenvalue weighted by atomic mass is 10.0. The van der Waals surface area contributed by atoms with Crippen LogP contribution >= 0.6 is 15.6 Å². The van der Waals surface area contributed by atoms with Gasteiger partial charge in [0.1, 0.15) is 19.3 Å². The Balaban J connectivity index is 5.15. The summed E-state index contributed by atoms with van der Waals surface area (Å²) >= 11 is 0. The minimum absolute atomic E-state index is 0.101. The van der Waals surface area contributed by atoms with Crippen LogP contribution in [0.2, 0.25) is 0 Å². The summed E-state index contributed by atoms with van der Waals surface area (Å²) in [5.74, 6) is -0.781. The SMILES string of the molecule is CCCCCCCCCCCCCCCCCCCCCCCC(=O)O[C@H](COC(=O)CCCCCCCCCCCCCC)COP(=O)(O)OC[C@@H](O)COP(=O)(O)OC[C@@H](COC(=O)CCCCCCCCC(C)C)OC(=O)CCCCCCCCC(C)C. The third-order valence-corrected chi connectivity index (χ3v) is 18.6. The predicted octanol–water partition coefficient (Wildman–Crippen LogP) is 20.8. The van der Waals surface area contributed by atoms with E-state index in [1.165, 1.54) is 180 Å². The Morgan fingerprint density at radius 3 is 0.747 bits per heavy atom. The second-order valence-electron chi connectivity index (χ2n) is 26.9. The van der Waals surface area contributed by atoms with E-state index in [1.54, 1.807) is 0 Å². The maximum absolute atomic E-state index is 13.0. The third kappa shape index (κ3) is 66.5. The molecule has 0 rings (SSSR count). The number of esters is 4. The van der Waals surface area contributed by atoms with E-state index < -0.39 is 97.5 Å². The zero-order valence-corrected chi connectivity index (χ0v) is 60.9. The van der Waals surface area contributed by atoms with Gasteiger partial charge in [-0.3, -0.25) is 37.3 Å². The highest BCUT2D eigenvalue weighted by atomic mass is 31.2. The lowest BCUT2D eigenvalue weighted by Gasteiger charge is -2.21. The molecule has 91 heavy (non-hydrogen) atoms. The lowest BCUT2D eigenvalue weighted by Crippen LogP contribution is -2.30. The number of ether oxygens (including phenoxy) is 4. The van der Waals surface area contributed by atoms with Crippen molar-refractivity contribution in [3.63, 3.8) is 0 Å². The van der Waals surface area contributed by atoms with Crippen LogP contribution < -0.4 is 0 Å². The van der Waals surface area contributed by atoms with E-state index in [1.807, 2.05) is 0 Å². The third-order valence-electron chi connectivity index (χ3n) is 16.7. The minimum atomic E-state index is -4.95. The zero-order valence-electron chi connectivity index (χ0n) is 59.1. The molecular formula is C72H140O17P2. The van der Waals surface area contributed by atoms with Crippen molar-refractivity contribution in [3.8, 4) is 0 Å². The van der Waals surface area contributed by atoms with Crippen molar-refractivity contribution in [1.82, 2.24) is 0 Å². The molecule has 0 amide bonds. The quantitative estimate of drug-likeness (QED) is 0.0222. The molecule has 0 bridgehead atoms. The smallest absolute Gasteiger partial charge is 0.462 e. The molecule has 5 atom stereocenters. The molecule has 0 heterocycles. The van der Waals surface area contributed by atoms with Crippen molar-refractivity contribution < 1.29 is 80.2 Å². The molecule has 3 N–H and O–H groups in total.